The quantitative estimate of drug-likeness (QED) is 0.752. The number of carboxylic acid groups (broad SMARTS) is 1. The number of nitriles is 1. The second kappa shape index (κ2) is 5.34. The number of aromatic nitrogens is 3. The molecular weight excluding hydrogens is 309 g/mol. The van der Waals surface area contributed by atoms with Crippen LogP contribution in [-0.4, -0.2) is 26.2 Å². The Bertz CT molecular complexity index is 934. The molecule has 0 radical (unpaired) electrons. The molecule has 108 valence electrons. The van der Waals surface area contributed by atoms with Crippen molar-refractivity contribution < 1.29 is 14.3 Å². The summed E-state index contributed by atoms with van der Waals surface area (Å²) in [5, 5.41) is 19.6. The number of thiazole rings is 1. The van der Waals surface area contributed by atoms with E-state index >= 15 is 0 Å². The number of nitrogens with one attached hydrogen (secondary N) is 1. The Hall–Kier alpha value is -3.12. The fourth-order valence-corrected chi connectivity index (χ4v) is 2.58. The molecule has 0 spiro atoms. The Morgan fingerprint density at radius 2 is 2.23 bits per heavy atom. The van der Waals surface area contributed by atoms with E-state index in [9.17, 15) is 9.18 Å². The van der Waals surface area contributed by atoms with Gasteiger partial charge in [-0.15, -0.1) is 0 Å². The van der Waals surface area contributed by atoms with Crippen molar-refractivity contribution in [2.45, 2.75) is 0 Å². The molecule has 0 unspecified atom stereocenters. The van der Waals surface area contributed by atoms with E-state index in [1.807, 2.05) is 6.07 Å². The van der Waals surface area contributed by atoms with Gasteiger partial charge in [-0.05, 0) is 18.2 Å². The van der Waals surface area contributed by atoms with Crippen LogP contribution in [0.1, 0.15) is 5.56 Å². The smallest absolute Gasteiger partial charge is 0.410 e. The van der Waals surface area contributed by atoms with Gasteiger partial charge in [0.25, 0.3) is 0 Å². The maximum absolute atomic E-state index is 14.0. The average Bonchev–Trinajstić information content (AvgIpc) is 2.87. The lowest BCUT2D eigenvalue weighted by molar-refractivity contribution is 0.209. The van der Waals surface area contributed by atoms with Crippen LogP contribution >= 0.6 is 11.3 Å². The number of rotatable bonds is 2. The number of hydrogen-bond donors (Lipinski definition) is 2. The number of nitrogens with zero attached hydrogens (tertiary/aromatic N) is 4. The molecule has 0 saturated carbocycles. The molecule has 22 heavy (non-hydrogen) atoms. The minimum absolute atomic E-state index is 0.139. The van der Waals surface area contributed by atoms with Crippen molar-refractivity contribution in [1.82, 2.24) is 15.0 Å². The summed E-state index contributed by atoms with van der Waals surface area (Å²) in [5.41, 5.74) is 0.960. The molecule has 0 aliphatic rings. The van der Waals surface area contributed by atoms with E-state index in [4.69, 9.17) is 10.4 Å². The molecule has 3 rings (SSSR count). The third-order valence-electron chi connectivity index (χ3n) is 2.71. The van der Waals surface area contributed by atoms with Gasteiger partial charge in [-0.1, -0.05) is 11.3 Å². The molecule has 3 aromatic rings. The molecular formula is C13H6FN5O2S. The highest BCUT2D eigenvalue weighted by Crippen LogP contribution is 2.27. The zero-order chi connectivity index (χ0) is 15.7. The molecule has 2 aromatic heterocycles. The normalized spacial score (nSPS) is 10.4. The third kappa shape index (κ3) is 2.55. The first-order chi connectivity index (χ1) is 10.6. The maximum Gasteiger partial charge on any atom is 0.410 e. The van der Waals surface area contributed by atoms with Crippen molar-refractivity contribution in [3.8, 4) is 17.3 Å². The van der Waals surface area contributed by atoms with Crippen LogP contribution in [0.15, 0.2) is 24.4 Å². The van der Waals surface area contributed by atoms with Crippen LogP contribution in [0.4, 0.5) is 14.3 Å². The number of halogens is 1. The Morgan fingerprint density at radius 3 is 2.91 bits per heavy atom. The molecule has 0 saturated heterocycles. The van der Waals surface area contributed by atoms with Crippen LogP contribution < -0.4 is 5.32 Å². The minimum atomic E-state index is -1.24. The van der Waals surface area contributed by atoms with Gasteiger partial charge in [0.05, 0.1) is 23.5 Å². The third-order valence-corrected chi connectivity index (χ3v) is 3.57. The van der Waals surface area contributed by atoms with Crippen molar-refractivity contribution in [2.75, 3.05) is 5.32 Å². The summed E-state index contributed by atoms with van der Waals surface area (Å²) in [6.45, 7) is 0. The maximum atomic E-state index is 14.0. The summed E-state index contributed by atoms with van der Waals surface area (Å²) in [6, 6.07) is 5.89. The monoisotopic (exact) mass is 315 g/mol. The van der Waals surface area contributed by atoms with Crippen molar-refractivity contribution in [3.05, 3.63) is 35.8 Å². The second-order valence-corrected chi connectivity index (χ2v) is 5.12. The lowest BCUT2D eigenvalue weighted by Crippen LogP contribution is -2.06. The zero-order valence-electron chi connectivity index (χ0n) is 10.7. The molecule has 0 atom stereocenters. The highest BCUT2D eigenvalue weighted by atomic mass is 32.1. The molecule has 0 fully saturated rings. The summed E-state index contributed by atoms with van der Waals surface area (Å²) in [5.74, 6) is -0.582. The predicted octanol–water partition coefficient (Wildman–Crippen LogP) is 2.85. The highest BCUT2D eigenvalue weighted by molar-refractivity contribution is 7.21. The summed E-state index contributed by atoms with van der Waals surface area (Å²) < 4.78 is 14.0. The van der Waals surface area contributed by atoms with Crippen molar-refractivity contribution in [1.29, 1.82) is 5.26 Å². The first-order valence-corrected chi connectivity index (χ1v) is 6.72. The van der Waals surface area contributed by atoms with Gasteiger partial charge in [-0.25, -0.2) is 19.2 Å². The average molecular weight is 315 g/mol. The number of carbonyl (C=O) groups is 1. The molecule has 9 heteroatoms. The van der Waals surface area contributed by atoms with E-state index in [1.165, 1.54) is 18.3 Å². The van der Waals surface area contributed by atoms with Crippen molar-refractivity contribution in [3.63, 3.8) is 0 Å². The number of amides is 1. The van der Waals surface area contributed by atoms with E-state index in [0.29, 0.717) is 4.83 Å². The number of hydrogen-bond acceptors (Lipinski definition) is 6. The lowest BCUT2D eigenvalue weighted by Gasteiger charge is -2.02. The van der Waals surface area contributed by atoms with Gasteiger partial charge in [0.15, 0.2) is 15.6 Å². The van der Waals surface area contributed by atoms with Gasteiger partial charge in [-0.3, -0.25) is 5.32 Å². The minimum Gasteiger partial charge on any atom is -0.465 e. The molecule has 1 aromatic carbocycles. The van der Waals surface area contributed by atoms with Crippen LogP contribution in [0.3, 0.4) is 0 Å². The molecule has 0 bridgehead atoms. The first-order valence-electron chi connectivity index (χ1n) is 5.90. The summed E-state index contributed by atoms with van der Waals surface area (Å²) in [7, 11) is 0. The van der Waals surface area contributed by atoms with Gasteiger partial charge < -0.3 is 5.11 Å². The molecule has 2 N–H and O–H groups in total. The fraction of sp³-hybridized carbons (Fsp3) is 0. The standard InChI is InChI=1S/C13H6FN5O2S/c14-8-3-6(4-15)1-2-7(8)9-5-16-10-11(17-9)22-12(18-10)19-13(20)21/h1-3,5H,(H,20,21)(H,16,18,19). The van der Waals surface area contributed by atoms with Gasteiger partial charge in [0.2, 0.25) is 0 Å². The van der Waals surface area contributed by atoms with Crippen LogP contribution in [-0.2, 0) is 0 Å². The Kier molecular flexibility index (Phi) is 3.36. The number of benzene rings is 1. The summed E-state index contributed by atoms with van der Waals surface area (Å²) in [6.07, 6.45) is 0.106. The van der Waals surface area contributed by atoms with E-state index < -0.39 is 11.9 Å². The topological polar surface area (TPSA) is 112 Å². The van der Waals surface area contributed by atoms with Crippen molar-refractivity contribution >= 4 is 33.0 Å². The van der Waals surface area contributed by atoms with Crippen LogP contribution in [0.5, 0.6) is 0 Å². The predicted molar refractivity (Wildman–Crippen MR) is 77.0 cm³/mol. The Balaban J connectivity index is 2.05. The van der Waals surface area contributed by atoms with Crippen LogP contribution in [0.25, 0.3) is 21.7 Å². The fourth-order valence-electron chi connectivity index (χ4n) is 1.79. The summed E-state index contributed by atoms with van der Waals surface area (Å²) in [4.78, 5) is 23.2. The largest absolute Gasteiger partial charge is 0.465 e. The second-order valence-electron chi connectivity index (χ2n) is 4.14. The van der Waals surface area contributed by atoms with Crippen molar-refractivity contribution in [2.24, 2.45) is 0 Å². The van der Waals surface area contributed by atoms with E-state index in [2.05, 4.69) is 20.3 Å². The summed E-state index contributed by atoms with van der Waals surface area (Å²) >= 11 is 0.996. The zero-order valence-corrected chi connectivity index (χ0v) is 11.6. The number of anilines is 1. The molecule has 7 nitrogen and oxygen atoms in total. The van der Waals surface area contributed by atoms with Crippen LogP contribution in [0.2, 0.25) is 0 Å². The molecule has 0 aliphatic heterocycles. The molecule has 1 amide bonds. The molecule has 0 aliphatic carbocycles. The number of fused-ring (bicyclic) bond motifs is 1. The van der Waals surface area contributed by atoms with E-state index in [-0.39, 0.29) is 27.6 Å². The highest BCUT2D eigenvalue weighted by Gasteiger charge is 2.13. The lowest BCUT2D eigenvalue weighted by atomic mass is 10.1. The molecule has 2 heterocycles. The van der Waals surface area contributed by atoms with Gasteiger partial charge in [0.1, 0.15) is 5.82 Å². The first kappa shape index (κ1) is 13.8. The Labute approximate surface area is 126 Å². The van der Waals surface area contributed by atoms with Gasteiger partial charge in [0, 0.05) is 5.56 Å². The Morgan fingerprint density at radius 1 is 1.41 bits per heavy atom. The van der Waals surface area contributed by atoms with E-state index in [0.717, 1.165) is 17.4 Å². The van der Waals surface area contributed by atoms with Gasteiger partial charge in [-0.2, -0.15) is 10.2 Å². The van der Waals surface area contributed by atoms with E-state index in [1.54, 1.807) is 0 Å². The van der Waals surface area contributed by atoms with Crippen LogP contribution in [0, 0.1) is 17.1 Å². The van der Waals surface area contributed by atoms with Gasteiger partial charge >= 0.3 is 6.09 Å². The SMILES string of the molecule is N#Cc1ccc(-c2cnc3nc(NC(=O)O)sc3n2)c(F)c1.